The van der Waals surface area contributed by atoms with Crippen LogP contribution >= 0.6 is 0 Å². The quantitative estimate of drug-likeness (QED) is 0.150. The summed E-state index contributed by atoms with van der Waals surface area (Å²) in [7, 11) is 0. The molecule has 1 amide bonds. The first-order valence-electron chi connectivity index (χ1n) is 16.0. The zero-order valence-corrected chi connectivity index (χ0v) is 27.4. The fraction of sp³-hybridized carbons (Fsp3) is 0.405. The van der Waals surface area contributed by atoms with E-state index in [2.05, 4.69) is 65.6 Å². The molecule has 0 saturated heterocycles. The smallest absolute Gasteiger partial charge is 0.251 e. The summed E-state index contributed by atoms with van der Waals surface area (Å²) in [4.78, 5) is 19.8. The van der Waals surface area contributed by atoms with Crippen molar-refractivity contribution in [1.29, 1.82) is 0 Å². The summed E-state index contributed by atoms with van der Waals surface area (Å²) in [5, 5.41) is 8.70. The number of pyridine rings is 1. The van der Waals surface area contributed by atoms with Crippen molar-refractivity contribution >= 4 is 22.5 Å². The van der Waals surface area contributed by atoms with Crippen LogP contribution in [0.25, 0.3) is 10.8 Å². The lowest BCUT2D eigenvalue weighted by atomic mass is 10.1. The molecular formula is C37H50F2N4O. The minimum Gasteiger partial charge on any atom is -0.356 e. The van der Waals surface area contributed by atoms with E-state index in [1.807, 2.05) is 44.3 Å². The number of halogens is 2. The maximum atomic E-state index is 12.8. The Balaban J connectivity index is 0.000000519. The number of benzene rings is 3. The normalized spacial score (nSPS) is 10.4. The molecule has 5 nitrogen and oxygen atoms in total. The van der Waals surface area contributed by atoms with Gasteiger partial charge in [-0.2, -0.15) is 0 Å². The van der Waals surface area contributed by atoms with E-state index in [4.69, 9.17) is 0 Å². The molecular weight excluding hydrogens is 554 g/mol. The van der Waals surface area contributed by atoms with Gasteiger partial charge in [0, 0.05) is 49.4 Å². The Labute approximate surface area is 263 Å². The summed E-state index contributed by atoms with van der Waals surface area (Å²) >= 11 is 0. The topological polar surface area (TPSA) is 57.3 Å². The number of rotatable bonds is 13. The van der Waals surface area contributed by atoms with Crippen LogP contribution in [0, 0.1) is 18.6 Å². The summed E-state index contributed by atoms with van der Waals surface area (Å²) in [5.74, 6) is -0.0953. The van der Waals surface area contributed by atoms with Crippen LogP contribution in [-0.4, -0.2) is 37.1 Å². The number of amides is 1. The molecule has 3 aromatic carbocycles. The monoisotopic (exact) mass is 604 g/mol. The third-order valence-electron chi connectivity index (χ3n) is 6.85. The number of hydrogen-bond acceptors (Lipinski definition) is 4. The number of hydrogen-bond donors (Lipinski definition) is 2. The minimum absolute atomic E-state index is 0.0279. The van der Waals surface area contributed by atoms with Gasteiger partial charge in [0.25, 0.3) is 5.91 Å². The summed E-state index contributed by atoms with van der Waals surface area (Å²) < 4.78 is 24.4. The van der Waals surface area contributed by atoms with Gasteiger partial charge in [0.1, 0.15) is 17.5 Å². The third kappa shape index (κ3) is 12.0. The molecule has 0 fully saturated rings. The number of nitrogens with zero attached hydrogens (tertiary/aromatic N) is 2. The average Bonchev–Trinajstić information content (AvgIpc) is 3.02. The SMILES string of the molecule is CC.CCCN(CCC)c1nccc2ccc(C(=O)NCCCNCc3cccc(CC)c3)cc12.Cc1cc(F)cc(F)c1. The van der Waals surface area contributed by atoms with Crippen LogP contribution in [0.2, 0.25) is 0 Å². The molecule has 4 rings (SSSR count). The van der Waals surface area contributed by atoms with Gasteiger partial charge < -0.3 is 15.5 Å². The van der Waals surface area contributed by atoms with Crippen molar-refractivity contribution in [3.8, 4) is 0 Å². The van der Waals surface area contributed by atoms with Crippen LogP contribution in [-0.2, 0) is 13.0 Å². The number of anilines is 1. The predicted molar refractivity (Wildman–Crippen MR) is 181 cm³/mol. The lowest BCUT2D eigenvalue weighted by molar-refractivity contribution is 0.0953. The van der Waals surface area contributed by atoms with Crippen molar-refractivity contribution < 1.29 is 13.6 Å². The summed E-state index contributed by atoms with van der Waals surface area (Å²) in [6.45, 7) is 16.5. The first-order valence-corrected chi connectivity index (χ1v) is 16.0. The molecule has 7 heteroatoms. The Bertz CT molecular complexity index is 1370. The van der Waals surface area contributed by atoms with Gasteiger partial charge in [-0.3, -0.25) is 4.79 Å². The third-order valence-corrected chi connectivity index (χ3v) is 6.85. The van der Waals surface area contributed by atoms with Crippen molar-refractivity contribution in [2.24, 2.45) is 0 Å². The zero-order valence-electron chi connectivity index (χ0n) is 27.4. The van der Waals surface area contributed by atoms with E-state index in [0.29, 0.717) is 17.7 Å². The molecule has 0 bridgehead atoms. The van der Waals surface area contributed by atoms with E-state index in [9.17, 15) is 13.6 Å². The molecule has 0 spiro atoms. The summed E-state index contributed by atoms with van der Waals surface area (Å²) in [5.41, 5.74) is 3.96. The first kappa shape index (κ1) is 36.4. The second-order valence-electron chi connectivity index (χ2n) is 10.5. The van der Waals surface area contributed by atoms with Crippen molar-refractivity contribution in [3.63, 3.8) is 0 Å². The van der Waals surface area contributed by atoms with Crippen molar-refractivity contribution in [1.82, 2.24) is 15.6 Å². The van der Waals surface area contributed by atoms with Crippen LogP contribution in [0.4, 0.5) is 14.6 Å². The summed E-state index contributed by atoms with van der Waals surface area (Å²) in [6.07, 6.45) is 5.94. The molecule has 238 valence electrons. The Hall–Kier alpha value is -3.84. The molecule has 0 aliphatic rings. The van der Waals surface area contributed by atoms with Gasteiger partial charge in [0.15, 0.2) is 0 Å². The van der Waals surface area contributed by atoms with Gasteiger partial charge in [-0.1, -0.05) is 65.0 Å². The predicted octanol–water partition coefficient (Wildman–Crippen LogP) is 8.63. The molecule has 0 atom stereocenters. The van der Waals surface area contributed by atoms with Crippen molar-refractivity contribution in [2.75, 3.05) is 31.1 Å². The molecule has 0 aliphatic heterocycles. The molecule has 0 unspecified atom stereocenters. The molecule has 0 aliphatic carbocycles. The van der Waals surface area contributed by atoms with Gasteiger partial charge in [-0.05, 0) is 91.6 Å². The van der Waals surface area contributed by atoms with E-state index in [0.717, 1.165) is 74.5 Å². The van der Waals surface area contributed by atoms with Crippen LogP contribution < -0.4 is 15.5 Å². The lowest BCUT2D eigenvalue weighted by Gasteiger charge is -2.24. The van der Waals surface area contributed by atoms with E-state index in [1.54, 1.807) is 6.92 Å². The highest BCUT2D eigenvalue weighted by Gasteiger charge is 2.13. The molecule has 0 radical (unpaired) electrons. The number of nitrogens with one attached hydrogen (secondary N) is 2. The number of carbonyl (C=O) groups is 1. The highest BCUT2D eigenvalue weighted by Crippen LogP contribution is 2.26. The van der Waals surface area contributed by atoms with Gasteiger partial charge in [0.2, 0.25) is 0 Å². The average molecular weight is 605 g/mol. The maximum absolute atomic E-state index is 12.8. The van der Waals surface area contributed by atoms with Gasteiger partial charge >= 0.3 is 0 Å². The fourth-order valence-corrected chi connectivity index (χ4v) is 4.81. The maximum Gasteiger partial charge on any atom is 0.251 e. The van der Waals surface area contributed by atoms with E-state index < -0.39 is 11.6 Å². The molecule has 0 saturated carbocycles. The molecule has 1 heterocycles. The second-order valence-corrected chi connectivity index (χ2v) is 10.5. The molecule has 44 heavy (non-hydrogen) atoms. The molecule has 2 N–H and O–H groups in total. The van der Waals surface area contributed by atoms with Crippen LogP contribution in [0.15, 0.2) is 72.9 Å². The molecule has 4 aromatic rings. The number of aromatic nitrogens is 1. The van der Waals surface area contributed by atoms with Crippen LogP contribution in [0.1, 0.15) is 80.9 Å². The van der Waals surface area contributed by atoms with Gasteiger partial charge in [0.05, 0.1) is 0 Å². The van der Waals surface area contributed by atoms with Crippen LogP contribution in [0.5, 0.6) is 0 Å². The van der Waals surface area contributed by atoms with E-state index in [-0.39, 0.29) is 5.91 Å². The Morgan fingerprint density at radius 3 is 2.16 bits per heavy atom. The van der Waals surface area contributed by atoms with Gasteiger partial charge in [-0.25, -0.2) is 13.8 Å². The number of carbonyl (C=O) groups excluding carboxylic acids is 1. The van der Waals surface area contributed by atoms with Crippen molar-refractivity contribution in [3.05, 3.63) is 107 Å². The number of fused-ring (bicyclic) bond motifs is 1. The van der Waals surface area contributed by atoms with Crippen LogP contribution in [0.3, 0.4) is 0 Å². The van der Waals surface area contributed by atoms with E-state index in [1.165, 1.54) is 23.3 Å². The highest BCUT2D eigenvalue weighted by atomic mass is 19.1. The second kappa shape index (κ2) is 20.2. The Kier molecular flexibility index (Phi) is 16.7. The lowest BCUT2D eigenvalue weighted by Crippen LogP contribution is -2.27. The highest BCUT2D eigenvalue weighted by molar-refractivity contribution is 6.01. The van der Waals surface area contributed by atoms with Gasteiger partial charge in [-0.15, -0.1) is 0 Å². The Morgan fingerprint density at radius 1 is 0.841 bits per heavy atom. The molecule has 1 aromatic heterocycles. The number of aryl methyl sites for hydroxylation is 2. The summed E-state index contributed by atoms with van der Waals surface area (Å²) in [6, 6.07) is 20.0. The standard InChI is InChI=1S/C28H38N4O.C7H6F2.C2H6/c1-4-17-32(18-5-2)27-26-20-25(12-11-24(26)13-16-30-27)28(33)31-15-8-14-29-21-23-10-7-9-22(6-3)19-23;1-5-2-6(8)4-7(9)3-5;1-2/h7,9-13,16,19-20,29H,4-6,8,14-15,17-18,21H2,1-3H3,(H,31,33);2-4H,1H3;1-2H3. The fourth-order valence-electron chi connectivity index (χ4n) is 4.81. The van der Waals surface area contributed by atoms with Crippen molar-refractivity contribution in [2.45, 2.75) is 73.8 Å². The zero-order chi connectivity index (χ0) is 32.3. The van der Waals surface area contributed by atoms with E-state index >= 15 is 0 Å². The Morgan fingerprint density at radius 2 is 1.52 bits per heavy atom. The first-order chi connectivity index (χ1) is 21.3. The largest absolute Gasteiger partial charge is 0.356 e. The minimum atomic E-state index is -0.521.